The lowest BCUT2D eigenvalue weighted by Crippen LogP contribution is -2.50. The highest BCUT2D eigenvalue weighted by molar-refractivity contribution is 5.91. The molecule has 18 heavy (non-hydrogen) atoms. The van der Waals surface area contributed by atoms with Gasteiger partial charge in [-0.05, 0) is 27.8 Å². The van der Waals surface area contributed by atoms with E-state index in [1.165, 1.54) is 18.7 Å². The fourth-order valence-electron chi connectivity index (χ4n) is 1.18. The number of carbonyl (C=O) groups is 2. The second-order valence-electron chi connectivity index (χ2n) is 4.60. The number of amides is 1. The largest absolute Gasteiger partial charge is 0.480 e. The van der Waals surface area contributed by atoms with Crippen LogP contribution in [0.2, 0.25) is 0 Å². The van der Waals surface area contributed by atoms with Crippen molar-refractivity contribution >= 4 is 17.8 Å². The number of carbonyl (C=O) groups excluding carboxylic acids is 1. The maximum Gasteiger partial charge on any atom is 0.323 e. The van der Waals surface area contributed by atoms with Crippen LogP contribution < -0.4 is 5.32 Å². The van der Waals surface area contributed by atoms with Crippen LogP contribution in [0.1, 0.15) is 19.5 Å². The molecule has 0 aliphatic rings. The van der Waals surface area contributed by atoms with Crippen molar-refractivity contribution < 1.29 is 19.2 Å². The normalized spacial score (nSPS) is 11.6. The van der Waals surface area contributed by atoms with E-state index < -0.39 is 11.5 Å². The number of anilines is 1. The number of hydrogen-bond acceptors (Lipinski definition) is 5. The summed E-state index contributed by atoms with van der Waals surface area (Å²) in [6.07, 6.45) is 0. The van der Waals surface area contributed by atoms with Gasteiger partial charge in [-0.3, -0.25) is 19.8 Å². The average Bonchev–Trinajstić information content (AvgIpc) is 2.63. The Morgan fingerprint density at radius 1 is 1.56 bits per heavy atom. The molecule has 0 saturated carbocycles. The quantitative estimate of drug-likeness (QED) is 0.804. The summed E-state index contributed by atoms with van der Waals surface area (Å²) in [6, 6.07) is 1.58. The molecule has 1 rings (SSSR count). The van der Waals surface area contributed by atoms with Crippen molar-refractivity contribution in [1.82, 2.24) is 10.1 Å². The molecule has 1 aromatic heterocycles. The smallest absolute Gasteiger partial charge is 0.323 e. The summed E-state index contributed by atoms with van der Waals surface area (Å²) in [5.74, 6) is -1.10. The van der Waals surface area contributed by atoms with Crippen LogP contribution >= 0.6 is 0 Å². The van der Waals surface area contributed by atoms with Crippen molar-refractivity contribution in [2.75, 3.05) is 18.9 Å². The summed E-state index contributed by atoms with van der Waals surface area (Å²) >= 11 is 0. The summed E-state index contributed by atoms with van der Waals surface area (Å²) in [5, 5.41) is 15.1. The third-order valence-electron chi connectivity index (χ3n) is 2.75. The minimum atomic E-state index is -1.12. The van der Waals surface area contributed by atoms with E-state index in [4.69, 9.17) is 9.63 Å². The zero-order valence-electron chi connectivity index (χ0n) is 10.9. The van der Waals surface area contributed by atoms with Crippen LogP contribution in [0.3, 0.4) is 0 Å². The Morgan fingerprint density at radius 2 is 2.17 bits per heavy atom. The Balaban J connectivity index is 2.57. The van der Waals surface area contributed by atoms with Crippen LogP contribution in [0.5, 0.6) is 0 Å². The Hall–Kier alpha value is -1.89. The lowest BCUT2D eigenvalue weighted by Gasteiger charge is -2.30. The molecular formula is C11H17N3O4. The molecule has 1 aromatic rings. The first-order valence-corrected chi connectivity index (χ1v) is 5.41. The standard InChI is InChI=1S/C11H17N3O4/c1-7-5-9(18-13-7)12-8(15)6-14(4)11(2,3)10(16)17/h5H,6H2,1-4H3,(H,12,15)(H,16,17). The number of nitrogens with zero attached hydrogens (tertiary/aromatic N) is 2. The Labute approximate surface area is 105 Å². The lowest BCUT2D eigenvalue weighted by atomic mass is 10.0. The Bertz CT molecular complexity index is 453. The predicted octanol–water partition coefficient (Wildman–Crippen LogP) is 0.717. The van der Waals surface area contributed by atoms with Crippen LogP contribution in [0.25, 0.3) is 0 Å². The van der Waals surface area contributed by atoms with E-state index in [1.807, 2.05) is 0 Å². The van der Waals surface area contributed by atoms with Gasteiger partial charge in [-0.15, -0.1) is 0 Å². The first-order chi connectivity index (χ1) is 8.23. The molecule has 1 amide bonds. The van der Waals surface area contributed by atoms with Crippen molar-refractivity contribution in [2.24, 2.45) is 0 Å². The Morgan fingerprint density at radius 3 is 2.61 bits per heavy atom. The van der Waals surface area contributed by atoms with Crippen molar-refractivity contribution in [1.29, 1.82) is 0 Å². The molecule has 0 aliphatic carbocycles. The van der Waals surface area contributed by atoms with Gasteiger partial charge in [0, 0.05) is 6.07 Å². The van der Waals surface area contributed by atoms with Crippen molar-refractivity contribution in [3.63, 3.8) is 0 Å². The summed E-state index contributed by atoms with van der Waals surface area (Å²) in [4.78, 5) is 24.1. The van der Waals surface area contributed by atoms with Gasteiger partial charge in [0.05, 0.1) is 12.2 Å². The molecule has 0 bridgehead atoms. The molecule has 2 N–H and O–H groups in total. The molecular weight excluding hydrogens is 238 g/mol. The molecule has 100 valence electrons. The van der Waals surface area contributed by atoms with Crippen LogP contribution in [-0.2, 0) is 9.59 Å². The second-order valence-corrected chi connectivity index (χ2v) is 4.60. The number of nitrogens with one attached hydrogen (secondary N) is 1. The molecule has 0 aliphatic heterocycles. The number of aromatic nitrogens is 1. The SMILES string of the molecule is Cc1cc(NC(=O)CN(C)C(C)(C)C(=O)O)on1. The number of hydrogen-bond donors (Lipinski definition) is 2. The molecule has 0 fully saturated rings. The molecule has 0 unspecified atom stereocenters. The van der Waals surface area contributed by atoms with E-state index in [0.717, 1.165) is 0 Å². The zero-order valence-corrected chi connectivity index (χ0v) is 10.9. The molecule has 0 spiro atoms. The van der Waals surface area contributed by atoms with E-state index in [2.05, 4.69) is 10.5 Å². The molecule has 0 saturated heterocycles. The molecule has 0 atom stereocenters. The van der Waals surface area contributed by atoms with Gasteiger partial charge in [0.25, 0.3) is 0 Å². The zero-order chi connectivity index (χ0) is 13.9. The van der Waals surface area contributed by atoms with Crippen LogP contribution in [-0.4, -0.2) is 46.2 Å². The predicted molar refractivity (Wildman–Crippen MR) is 64.2 cm³/mol. The second kappa shape index (κ2) is 5.18. The third kappa shape index (κ3) is 3.30. The number of aryl methyl sites for hydroxylation is 1. The fraction of sp³-hybridized carbons (Fsp3) is 0.545. The maximum absolute atomic E-state index is 11.7. The highest BCUT2D eigenvalue weighted by Crippen LogP contribution is 2.13. The van der Waals surface area contributed by atoms with Crippen LogP contribution in [0.15, 0.2) is 10.6 Å². The molecule has 0 radical (unpaired) electrons. The lowest BCUT2D eigenvalue weighted by molar-refractivity contribution is -0.148. The van der Waals surface area contributed by atoms with Gasteiger partial charge in [0.15, 0.2) is 0 Å². The number of aliphatic carboxylic acids is 1. The van der Waals surface area contributed by atoms with Crippen LogP contribution in [0.4, 0.5) is 5.88 Å². The average molecular weight is 255 g/mol. The van der Waals surface area contributed by atoms with Crippen molar-refractivity contribution in [3.05, 3.63) is 11.8 Å². The van der Waals surface area contributed by atoms with E-state index in [9.17, 15) is 9.59 Å². The minimum absolute atomic E-state index is 0.0565. The van der Waals surface area contributed by atoms with Gasteiger partial charge in [-0.2, -0.15) is 0 Å². The van der Waals surface area contributed by atoms with E-state index in [0.29, 0.717) is 5.69 Å². The third-order valence-corrected chi connectivity index (χ3v) is 2.75. The highest BCUT2D eigenvalue weighted by atomic mass is 16.5. The first kappa shape index (κ1) is 14.2. The van der Waals surface area contributed by atoms with E-state index >= 15 is 0 Å². The summed E-state index contributed by atoms with van der Waals surface area (Å²) in [6.45, 7) is 4.74. The monoisotopic (exact) mass is 255 g/mol. The fourth-order valence-corrected chi connectivity index (χ4v) is 1.18. The van der Waals surface area contributed by atoms with E-state index in [1.54, 1.807) is 20.0 Å². The van der Waals surface area contributed by atoms with Crippen molar-refractivity contribution in [3.8, 4) is 0 Å². The topological polar surface area (TPSA) is 95.7 Å². The molecule has 1 heterocycles. The van der Waals surface area contributed by atoms with Gasteiger partial charge in [-0.1, -0.05) is 5.16 Å². The number of likely N-dealkylation sites (N-methyl/N-ethyl adjacent to an activating group) is 1. The molecule has 7 heteroatoms. The summed E-state index contributed by atoms with van der Waals surface area (Å²) in [5.41, 5.74) is -0.459. The molecule has 0 aromatic carbocycles. The van der Waals surface area contributed by atoms with Crippen molar-refractivity contribution in [2.45, 2.75) is 26.3 Å². The number of rotatable bonds is 5. The highest BCUT2D eigenvalue weighted by Gasteiger charge is 2.33. The molecule has 7 nitrogen and oxygen atoms in total. The van der Waals surface area contributed by atoms with Crippen LogP contribution in [0, 0.1) is 6.92 Å². The van der Waals surface area contributed by atoms with E-state index in [-0.39, 0.29) is 18.3 Å². The maximum atomic E-state index is 11.7. The Kier molecular flexibility index (Phi) is 4.07. The number of carboxylic acids is 1. The summed E-state index contributed by atoms with van der Waals surface area (Å²) < 4.78 is 4.83. The summed E-state index contributed by atoms with van der Waals surface area (Å²) in [7, 11) is 1.57. The minimum Gasteiger partial charge on any atom is -0.480 e. The number of carboxylic acid groups (broad SMARTS) is 1. The van der Waals surface area contributed by atoms with Gasteiger partial charge >= 0.3 is 5.97 Å². The first-order valence-electron chi connectivity index (χ1n) is 5.41. The van der Waals surface area contributed by atoms with Gasteiger partial charge in [-0.25, -0.2) is 0 Å². The van der Waals surface area contributed by atoms with Gasteiger partial charge in [0.2, 0.25) is 11.8 Å². The van der Waals surface area contributed by atoms with Gasteiger partial charge in [0.1, 0.15) is 5.54 Å². The van der Waals surface area contributed by atoms with Gasteiger partial charge < -0.3 is 9.63 Å².